The van der Waals surface area contributed by atoms with Crippen LogP contribution in [0.1, 0.15) is 65.6 Å². The second-order valence-electron chi connectivity index (χ2n) is 13.7. The van der Waals surface area contributed by atoms with Gasteiger partial charge in [0, 0.05) is 40.9 Å². The zero-order valence-electron chi connectivity index (χ0n) is 33.6. The SMILES string of the molecule is CO[C@@H](C(N)=O)[C@H](NC(=O)c1ccc(NC(=O)c2ccc(N([O-])O)cc2)cc1)C(=O)Nc1ccc(C(=O)Nc2ccc(C(=O)Nc3ccc(C(=O)O)cc3)c(O)c2OC(C)C)cc1. The molecule has 0 spiro atoms. The molecule has 0 unspecified atom stereocenters. The van der Waals surface area contributed by atoms with Gasteiger partial charge < -0.3 is 62.4 Å². The number of carbonyl (C=O) groups is 7. The predicted molar refractivity (Wildman–Crippen MR) is 228 cm³/mol. The molecule has 5 aromatic rings. The number of hydrogen-bond acceptors (Lipinski definition) is 13. The first-order chi connectivity index (χ1) is 29.9. The number of anilines is 5. The quantitative estimate of drug-likeness (QED) is 0.0579. The van der Waals surface area contributed by atoms with Crippen LogP contribution in [0.4, 0.5) is 28.4 Å². The summed E-state index contributed by atoms with van der Waals surface area (Å²) in [5.41, 5.74) is 6.22. The highest BCUT2D eigenvalue weighted by molar-refractivity contribution is 6.10. The summed E-state index contributed by atoms with van der Waals surface area (Å²) in [6.07, 6.45) is -2.12. The molecule has 0 aliphatic heterocycles. The number of phenols is 1. The molecule has 63 heavy (non-hydrogen) atoms. The zero-order valence-corrected chi connectivity index (χ0v) is 33.6. The van der Waals surface area contributed by atoms with E-state index in [1.54, 1.807) is 13.8 Å². The lowest BCUT2D eigenvalue weighted by molar-refractivity contribution is -0.134. The number of carboxylic acid groups (broad SMARTS) is 1. The molecule has 0 saturated heterocycles. The molecule has 0 radical (unpaired) electrons. The van der Waals surface area contributed by atoms with E-state index in [-0.39, 0.29) is 67.2 Å². The summed E-state index contributed by atoms with van der Waals surface area (Å²) in [6.45, 7) is 3.33. The standard InChI is InChI=1S/C43H40N7O13/c1-22(2)63-35-32(21-20-31(34(35)51)41(56)46-28-16-8-26(9-17-28)43(58)59)48-39(54)23-4-14-29(15-5-23)47-42(57)33(36(62-3)37(44)52)49-40(55)24-6-12-27(13-7-24)45-38(53)25-10-18-30(19-11-25)50(60)61/h4-22,33,36,51,60H,1-3H3,(H2,44,52)(H,45,53)(H,46,56)(H,47,57)(H,48,54)(H,49,55)(H,58,59)/q-1/t33-,36+/m0/s1. The molecule has 20 heteroatoms. The Hall–Kier alpha value is -8.33. The van der Waals surface area contributed by atoms with Gasteiger partial charge in [0.05, 0.1) is 28.6 Å². The van der Waals surface area contributed by atoms with Crippen molar-refractivity contribution in [3.8, 4) is 11.5 Å². The number of amides is 6. The first kappa shape index (κ1) is 45.7. The molecule has 5 aromatic carbocycles. The maximum absolute atomic E-state index is 13.5. The topological polar surface area (TPSA) is 311 Å². The fourth-order valence-electron chi connectivity index (χ4n) is 5.79. The number of nitrogens with one attached hydrogen (secondary N) is 5. The van der Waals surface area contributed by atoms with Crippen molar-refractivity contribution in [1.82, 2.24) is 5.32 Å². The number of hydrogen-bond donors (Lipinski definition) is 9. The molecule has 6 amide bonds. The van der Waals surface area contributed by atoms with Crippen LogP contribution in [0, 0.1) is 5.21 Å². The minimum Gasteiger partial charge on any atom is -0.733 e. The van der Waals surface area contributed by atoms with Gasteiger partial charge in [0.1, 0.15) is 6.04 Å². The number of ether oxygens (including phenoxy) is 2. The Morgan fingerprint density at radius 3 is 1.57 bits per heavy atom. The lowest BCUT2D eigenvalue weighted by atomic mass is 10.1. The van der Waals surface area contributed by atoms with Gasteiger partial charge in [0.2, 0.25) is 11.8 Å². The third-order valence-electron chi connectivity index (χ3n) is 8.94. The van der Waals surface area contributed by atoms with Crippen LogP contribution < -0.4 is 42.3 Å². The third-order valence-corrected chi connectivity index (χ3v) is 8.94. The lowest BCUT2D eigenvalue weighted by Crippen LogP contribution is -2.56. The van der Waals surface area contributed by atoms with Crippen molar-refractivity contribution in [3.63, 3.8) is 0 Å². The van der Waals surface area contributed by atoms with Crippen LogP contribution in [0.25, 0.3) is 0 Å². The average Bonchev–Trinajstić information content (AvgIpc) is 3.25. The molecular formula is C43H40N7O13-. The highest BCUT2D eigenvalue weighted by Gasteiger charge is 2.34. The highest BCUT2D eigenvalue weighted by atomic mass is 16.8. The maximum atomic E-state index is 13.5. The van der Waals surface area contributed by atoms with Gasteiger partial charge in [-0.15, -0.1) is 0 Å². The van der Waals surface area contributed by atoms with E-state index in [2.05, 4.69) is 26.6 Å². The number of phenolic OH excluding ortho intramolecular Hbond substituents is 1. The largest absolute Gasteiger partial charge is 0.733 e. The number of primary amides is 1. The van der Waals surface area contributed by atoms with Crippen LogP contribution in [0.3, 0.4) is 0 Å². The summed E-state index contributed by atoms with van der Waals surface area (Å²) in [5.74, 6) is -6.65. The molecule has 326 valence electrons. The van der Waals surface area contributed by atoms with Crippen LogP contribution in [0.5, 0.6) is 11.5 Å². The van der Waals surface area contributed by atoms with Gasteiger partial charge in [-0.05, 0) is 123 Å². The summed E-state index contributed by atoms with van der Waals surface area (Å²) in [6, 6.07) is 22.4. The van der Waals surface area contributed by atoms with Crippen molar-refractivity contribution in [1.29, 1.82) is 0 Å². The van der Waals surface area contributed by atoms with Gasteiger partial charge in [-0.25, -0.2) is 4.79 Å². The van der Waals surface area contributed by atoms with Crippen LogP contribution in [-0.4, -0.2) is 82.2 Å². The van der Waals surface area contributed by atoms with E-state index in [1.807, 2.05) is 0 Å². The van der Waals surface area contributed by atoms with Crippen molar-refractivity contribution >= 4 is 69.8 Å². The first-order valence-electron chi connectivity index (χ1n) is 18.7. The lowest BCUT2D eigenvalue weighted by Gasteiger charge is -2.24. The highest BCUT2D eigenvalue weighted by Crippen LogP contribution is 2.39. The molecule has 2 atom stereocenters. The number of aromatic carboxylic acids is 1. The van der Waals surface area contributed by atoms with E-state index in [4.69, 9.17) is 25.5 Å². The zero-order chi connectivity index (χ0) is 46.0. The molecule has 0 aliphatic rings. The van der Waals surface area contributed by atoms with E-state index >= 15 is 0 Å². The Kier molecular flexibility index (Phi) is 14.7. The van der Waals surface area contributed by atoms with E-state index in [0.29, 0.717) is 0 Å². The van der Waals surface area contributed by atoms with Crippen molar-refractivity contribution in [3.05, 3.63) is 142 Å². The normalized spacial score (nSPS) is 11.7. The number of methoxy groups -OCH3 is 1. The Morgan fingerprint density at radius 2 is 1.10 bits per heavy atom. The molecule has 0 heterocycles. The summed E-state index contributed by atoms with van der Waals surface area (Å²) in [5, 5.41) is 52.7. The second kappa shape index (κ2) is 20.3. The molecule has 0 aromatic heterocycles. The number of carboxylic acids is 1. The fraction of sp³-hybridized carbons (Fsp3) is 0.140. The van der Waals surface area contributed by atoms with Gasteiger partial charge >= 0.3 is 5.97 Å². The van der Waals surface area contributed by atoms with Crippen molar-refractivity contribution < 1.29 is 58.5 Å². The minimum atomic E-state index is -1.65. The van der Waals surface area contributed by atoms with E-state index in [1.165, 1.54) is 109 Å². The van der Waals surface area contributed by atoms with Gasteiger partial charge in [-0.2, -0.15) is 0 Å². The monoisotopic (exact) mass is 862 g/mol. The summed E-state index contributed by atoms with van der Waals surface area (Å²) in [7, 11) is 1.12. The number of aromatic hydroxyl groups is 1. The van der Waals surface area contributed by atoms with E-state index < -0.39 is 65.4 Å². The molecule has 20 nitrogen and oxygen atoms in total. The molecular weight excluding hydrogens is 823 g/mol. The summed E-state index contributed by atoms with van der Waals surface area (Å²) >= 11 is 0. The molecule has 0 saturated carbocycles. The number of benzene rings is 5. The summed E-state index contributed by atoms with van der Waals surface area (Å²) < 4.78 is 10.9. The second-order valence-corrected chi connectivity index (χ2v) is 13.7. The smallest absolute Gasteiger partial charge is 0.335 e. The molecule has 5 rings (SSSR count). The van der Waals surface area contributed by atoms with Crippen molar-refractivity contribution in [2.75, 3.05) is 33.6 Å². The molecule has 10 N–H and O–H groups in total. The number of rotatable bonds is 17. The Morgan fingerprint density at radius 1 is 0.635 bits per heavy atom. The van der Waals surface area contributed by atoms with Gasteiger partial charge in [0.25, 0.3) is 23.6 Å². The third kappa shape index (κ3) is 11.7. The molecule has 0 aliphatic carbocycles. The van der Waals surface area contributed by atoms with Gasteiger partial charge in [0.15, 0.2) is 17.6 Å². The maximum Gasteiger partial charge on any atom is 0.335 e. The number of carbonyl (C=O) groups excluding carboxylic acids is 6. The summed E-state index contributed by atoms with van der Waals surface area (Å²) in [4.78, 5) is 89.3. The van der Waals surface area contributed by atoms with E-state index in [0.717, 1.165) is 7.11 Å². The number of nitrogens with zero attached hydrogens (tertiary/aromatic N) is 1. The fourth-order valence-corrected chi connectivity index (χ4v) is 5.79. The van der Waals surface area contributed by atoms with Crippen LogP contribution in [-0.2, 0) is 14.3 Å². The first-order valence-corrected chi connectivity index (χ1v) is 18.7. The van der Waals surface area contributed by atoms with Gasteiger partial charge in [-0.1, -0.05) is 0 Å². The van der Waals surface area contributed by atoms with Gasteiger partial charge in [-0.3, -0.25) is 34.0 Å². The Balaban J connectivity index is 1.24. The van der Waals surface area contributed by atoms with Crippen molar-refractivity contribution in [2.45, 2.75) is 32.1 Å². The van der Waals surface area contributed by atoms with E-state index in [9.17, 15) is 43.9 Å². The van der Waals surface area contributed by atoms with Crippen LogP contribution >= 0.6 is 0 Å². The predicted octanol–water partition coefficient (Wildman–Crippen LogP) is 4.57. The van der Waals surface area contributed by atoms with Crippen LogP contribution in [0.2, 0.25) is 0 Å². The van der Waals surface area contributed by atoms with Crippen LogP contribution in [0.15, 0.2) is 109 Å². The Bertz CT molecular complexity index is 2510. The average molecular weight is 863 g/mol. The minimum absolute atomic E-state index is 0.0110. The number of nitrogens with two attached hydrogens (primary N) is 1. The molecule has 0 bridgehead atoms. The van der Waals surface area contributed by atoms with Crippen molar-refractivity contribution in [2.24, 2.45) is 5.73 Å². The Labute approximate surface area is 358 Å². The molecule has 0 fully saturated rings.